The first-order valence-corrected chi connectivity index (χ1v) is 5.36. The Morgan fingerprint density at radius 2 is 2.14 bits per heavy atom. The second kappa shape index (κ2) is 4.54. The Kier molecular flexibility index (Phi) is 3.85. The fourth-order valence-electron chi connectivity index (χ4n) is 0.885. The molecule has 0 aromatic heterocycles. The maximum atomic E-state index is 13.3. The molecular weight excluding hydrogens is 370 g/mol. The molecule has 6 heteroatoms. The number of rotatable bonds is 2. The van der Waals surface area contributed by atoms with E-state index in [0.717, 1.165) is 0 Å². The van der Waals surface area contributed by atoms with Crippen LogP contribution in [0.2, 0.25) is 0 Å². The highest BCUT2D eigenvalue weighted by molar-refractivity contribution is 14.1. The van der Waals surface area contributed by atoms with Crippen LogP contribution in [0, 0.1) is 9.39 Å². The summed E-state index contributed by atoms with van der Waals surface area (Å²) in [7, 11) is 0. The Labute approximate surface area is 101 Å². The molecule has 0 aliphatic carbocycles. The average molecular weight is 375 g/mol. The molecule has 0 aliphatic rings. The highest BCUT2D eigenvalue weighted by atomic mass is 127. The van der Waals surface area contributed by atoms with Crippen molar-refractivity contribution in [3.63, 3.8) is 0 Å². The molecule has 14 heavy (non-hydrogen) atoms. The highest BCUT2D eigenvalue weighted by Crippen LogP contribution is 2.29. The average Bonchev–Trinajstić information content (AvgIpc) is 2.13. The number of hydrogen-bond acceptors (Lipinski definition) is 2. The summed E-state index contributed by atoms with van der Waals surface area (Å²) in [6, 6.07) is 2.77. The van der Waals surface area contributed by atoms with Crippen molar-refractivity contribution >= 4 is 44.5 Å². The van der Waals surface area contributed by atoms with E-state index < -0.39 is 17.9 Å². The molecule has 1 atom stereocenters. The molecule has 1 aromatic carbocycles. The van der Waals surface area contributed by atoms with Gasteiger partial charge in [0, 0.05) is 9.13 Å². The number of carboxylic acids is 1. The number of aliphatic carboxylic acids is 1. The molecule has 0 bridgehead atoms. The third-order valence-corrected chi connectivity index (χ3v) is 3.23. The van der Waals surface area contributed by atoms with Gasteiger partial charge in [-0.15, -0.1) is 0 Å². The second-order valence-electron chi connectivity index (χ2n) is 2.51. The molecule has 2 N–H and O–H groups in total. The Hall–Kier alpha value is -0.210. The largest absolute Gasteiger partial charge is 0.479 e. The molecule has 0 amide bonds. The number of hydrogen-bond donors (Lipinski definition) is 2. The molecule has 0 fully saturated rings. The third kappa shape index (κ3) is 2.23. The summed E-state index contributed by atoms with van der Waals surface area (Å²) in [6.07, 6.45) is -1.71. The maximum absolute atomic E-state index is 13.3. The first kappa shape index (κ1) is 11.9. The van der Waals surface area contributed by atoms with E-state index in [2.05, 4.69) is 15.9 Å². The zero-order valence-electron chi connectivity index (χ0n) is 6.67. The zero-order valence-corrected chi connectivity index (χ0v) is 10.4. The number of halogens is 3. The van der Waals surface area contributed by atoms with E-state index in [1.54, 1.807) is 22.6 Å². The number of aliphatic hydroxyl groups excluding tert-OH is 1. The molecule has 0 radical (unpaired) electrons. The summed E-state index contributed by atoms with van der Waals surface area (Å²) in [4.78, 5) is 10.5. The molecular formula is C8H5BrFIO3. The summed E-state index contributed by atoms with van der Waals surface area (Å²) >= 11 is 4.67. The Morgan fingerprint density at radius 1 is 1.57 bits per heavy atom. The minimum absolute atomic E-state index is 0.00964. The van der Waals surface area contributed by atoms with Gasteiger partial charge in [-0.1, -0.05) is 6.07 Å². The van der Waals surface area contributed by atoms with Crippen molar-refractivity contribution in [2.75, 3.05) is 0 Å². The molecule has 1 unspecified atom stereocenters. The number of benzene rings is 1. The van der Waals surface area contributed by atoms with E-state index in [4.69, 9.17) is 5.11 Å². The van der Waals surface area contributed by atoms with Crippen molar-refractivity contribution < 1.29 is 19.4 Å². The normalized spacial score (nSPS) is 12.6. The van der Waals surface area contributed by atoms with Crippen molar-refractivity contribution in [1.29, 1.82) is 0 Å². The lowest BCUT2D eigenvalue weighted by atomic mass is 10.1. The fraction of sp³-hybridized carbons (Fsp3) is 0.125. The van der Waals surface area contributed by atoms with E-state index in [0.29, 0.717) is 3.57 Å². The summed E-state index contributed by atoms with van der Waals surface area (Å²) in [5.74, 6) is -1.98. The summed E-state index contributed by atoms with van der Waals surface area (Å²) in [5, 5.41) is 17.7. The molecule has 3 nitrogen and oxygen atoms in total. The summed E-state index contributed by atoms with van der Waals surface area (Å²) in [6.45, 7) is 0. The minimum Gasteiger partial charge on any atom is -0.479 e. The first-order valence-electron chi connectivity index (χ1n) is 3.49. The van der Waals surface area contributed by atoms with Gasteiger partial charge in [0.15, 0.2) is 11.9 Å². The van der Waals surface area contributed by atoms with Gasteiger partial charge < -0.3 is 10.2 Å². The van der Waals surface area contributed by atoms with Gasteiger partial charge in [0.2, 0.25) is 0 Å². The van der Waals surface area contributed by atoms with Crippen molar-refractivity contribution in [3.05, 3.63) is 31.6 Å². The zero-order chi connectivity index (χ0) is 10.9. The van der Waals surface area contributed by atoms with E-state index in [1.807, 2.05) is 0 Å². The third-order valence-electron chi connectivity index (χ3n) is 1.59. The van der Waals surface area contributed by atoms with Crippen LogP contribution in [0.4, 0.5) is 4.39 Å². The summed E-state index contributed by atoms with van der Waals surface area (Å²) in [5.41, 5.74) is 0.00964. The number of carbonyl (C=O) groups is 1. The van der Waals surface area contributed by atoms with Crippen LogP contribution < -0.4 is 0 Å². The Balaban J connectivity index is 3.24. The van der Waals surface area contributed by atoms with Crippen LogP contribution in [0.5, 0.6) is 0 Å². The molecule has 0 spiro atoms. The molecule has 0 saturated heterocycles. The number of carboxylic acid groups (broad SMARTS) is 1. The second-order valence-corrected chi connectivity index (χ2v) is 4.46. The lowest BCUT2D eigenvalue weighted by Gasteiger charge is -2.09. The van der Waals surface area contributed by atoms with Crippen molar-refractivity contribution in [3.8, 4) is 0 Å². The van der Waals surface area contributed by atoms with Gasteiger partial charge in [-0.3, -0.25) is 0 Å². The predicted octanol–water partition coefficient (Wildman–Crippen LogP) is 2.31. The Morgan fingerprint density at radius 3 is 2.64 bits per heavy atom. The molecule has 0 saturated carbocycles. The van der Waals surface area contributed by atoms with Crippen LogP contribution in [-0.2, 0) is 4.79 Å². The standard InChI is InChI=1S/C8H5BrFIO3/c9-5-3(7(12)8(13)14)1-2-4(11)6(5)10/h1-2,7,12H,(H,13,14). The monoisotopic (exact) mass is 374 g/mol. The van der Waals surface area contributed by atoms with Crippen molar-refractivity contribution in [2.45, 2.75) is 6.10 Å². The van der Waals surface area contributed by atoms with E-state index in [1.165, 1.54) is 12.1 Å². The Bertz CT molecular complexity index is 383. The molecule has 76 valence electrons. The maximum Gasteiger partial charge on any atom is 0.337 e. The van der Waals surface area contributed by atoms with Gasteiger partial charge in [-0.05, 0) is 44.6 Å². The van der Waals surface area contributed by atoms with Crippen LogP contribution in [0.3, 0.4) is 0 Å². The van der Waals surface area contributed by atoms with Crippen molar-refractivity contribution in [1.82, 2.24) is 0 Å². The van der Waals surface area contributed by atoms with Crippen LogP contribution in [-0.4, -0.2) is 16.2 Å². The van der Waals surface area contributed by atoms with Crippen LogP contribution >= 0.6 is 38.5 Å². The first-order chi connectivity index (χ1) is 6.45. The highest BCUT2D eigenvalue weighted by Gasteiger charge is 2.21. The van der Waals surface area contributed by atoms with Gasteiger partial charge in [0.1, 0.15) is 0 Å². The topological polar surface area (TPSA) is 57.5 Å². The van der Waals surface area contributed by atoms with Crippen LogP contribution in [0.25, 0.3) is 0 Å². The van der Waals surface area contributed by atoms with Gasteiger partial charge in [-0.25, -0.2) is 9.18 Å². The summed E-state index contributed by atoms with van der Waals surface area (Å²) < 4.78 is 13.6. The SMILES string of the molecule is O=C(O)C(O)c1ccc(I)c(F)c1Br. The smallest absolute Gasteiger partial charge is 0.337 e. The molecule has 1 rings (SSSR count). The van der Waals surface area contributed by atoms with Crippen LogP contribution in [0.15, 0.2) is 16.6 Å². The quantitative estimate of drug-likeness (QED) is 0.617. The van der Waals surface area contributed by atoms with Gasteiger partial charge in [-0.2, -0.15) is 0 Å². The molecule has 0 aliphatic heterocycles. The lowest BCUT2D eigenvalue weighted by Crippen LogP contribution is -2.11. The molecule has 0 heterocycles. The van der Waals surface area contributed by atoms with Gasteiger partial charge in [0.05, 0.1) is 4.47 Å². The van der Waals surface area contributed by atoms with Gasteiger partial charge >= 0.3 is 5.97 Å². The minimum atomic E-state index is -1.71. The number of aliphatic hydroxyl groups is 1. The van der Waals surface area contributed by atoms with E-state index in [-0.39, 0.29) is 10.0 Å². The molecule has 1 aromatic rings. The lowest BCUT2D eigenvalue weighted by molar-refractivity contribution is -0.147. The van der Waals surface area contributed by atoms with Gasteiger partial charge in [0.25, 0.3) is 0 Å². The van der Waals surface area contributed by atoms with E-state index in [9.17, 15) is 14.3 Å². The fourth-order valence-corrected chi connectivity index (χ4v) is 2.27. The van der Waals surface area contributed by atoms with Crippen LogP contribution in [0.1, 0.15) is 11.7 Å². The van der Waals surface area contributed by atoms with Crippen molar-refractivity contribution in [2.24, 2.45) is 0 Å². The predicted molar refractivity (Wildman–Crippen MR) is 59.4 cm³/mol. The van der Waals surface area contributed by atoms with E-state index >= 15 is 0 Å².